The van der Waals surface area contributed by atoms with Crippen molar-refractivity contribution in [1.82, 2.24) is 16.0 Å². The van der Waals surface area contributed by atoms with Gasteiger partial charge in [0.25, 0.3) is 0 Å². The third-order valence-corrected chi connectivity index (χ3v) is 9.78. The van der Waals surface area contributed by atoms with E-state index in [4.69, 9.17) is 4.74 Å². The number of hydrogen-bond acceptors (Lipinski definition) is 7. The van der Waals surface area contributed by atoms with Crippen LogP contribution in [-0.2, 0) is 33.5 Å². The molecule has 0 aromatic carbocycles. The first-order chi connectivity index (χ1) is 21.1. The maximum atomic E-state index is 12.2. The van der Waals surface area contributed by atoms with Crippen molar-refractivity contribution in [1.29, 1.82) is 0 Å². The number of fused-ring (bicyclic) bond motifs is 2. The molecule has 0 aromatic rings. The third kappa shape index (κ3) is 10.3. The highest BCUT2D eigenvalue weighted by molar-refractivity contribution is 5.85. The Morgan fingerprint density at radius 3 is 1.71 bits per heavy atom. The van der Waals surface area contributed by atoms with Crippen LogP contribution in [0.15, 0.2) is 12.2 Å². The number of carbonyl (C=O) groups excluding carboxylic acids is 4. The summed E-state index contributed by atoms with van der Waals surface area (Å²) < 4.78 is 5.20. The maximum absolute atomic E-state index is 12.2. The summed E-state index contributed by atoms with van der Waals surface area (Å²) in [7, 11) is 0. The molecule has 3 aliphatic carbocycles. The number of esters is 1. The van der Waals surface area contributed by atoms with Gasteiger partial charge in [-0.25, -0.2) is 0 Å². The number of carbonyl (C=O) groups is 6. The smallest absolute Gasteiger partial charge is 0.310 e. The van der Waals surface area contributed by atoms with Gasteiger partial charge in [0, 0.05) is 23.9 Å². The van der Waals surface area contributed by atoms with Crippen LogP contribution in [0.3, 0.4) is 0 Å². The number of aliphatic carboxylic acids is 2. The second-order valence-corrected chi connectivity index (χ2v) is 13.6. The highest BCUT2D eigenvalue weighted by atomic mass is 16.5. The van der Waals surface area contributed by atoms with Crippen molar-refractivity contribution in [2.24, 2.45) is 46.3 Å². The molecule has 0 heterocycles. The fourth-order valence-electron chi connectivity index (χ4n) is 5.93. The van der Waals surface area contributed by atoms with Gasteiger partial charge in [0.1, 0.15) is 6.61 Å². The van der Waals surface area contributed by atoms with Crippen molar-refractivity contribution >= 4 is 35.6 Å². The number of hydrogen-bond donors (Lipinski definition) is 5. The van der Waals surface area contributed by atoms with E-state index in [2.05, 4.69) is 16.0 Å². The molecule has 3 aliphatic rings. The van der Waals surface area contributed by atoms with E-state index in [1.54, 1.807) is 0 Å². The first-order valence-corrected chi connectivity index (χ1v) is 16.2. The van der Waals surface area contributed by atoms with Crippen LogP contribution in [0.2, 0.25) is 0 Å². The number of nitrogens with one attached hydrogen (secondary N) is 3. The Balaban J connectivity index is 0.000000314. The van der Waals surface area contributed by atoms with Crippen molar-refractivity contribution < 1.29 is 43.7 Å². The van der Waals surface area contributed by atoms with E-state index < -0.39 is 52.4 Å². The number of rotatable bonds is 14. The molecule has 0 spiro atoms. The summed E-state index contributed by atoms with van der Waals surface area (Å²) in [4.78, 5) is 70.7. The molecule has 2 saturated carbocycles. The minimum absolute atomic E-state index is 0.0367. The molecule has 3 amide bonds. The van der Waals surface area contributed by atoms with Crippen LogP contribution in [0.1, 0.15) is 86.5 Å². The fraction of sp³-hybridized carbons (Fsp3) is 0.758. The highest BCUT2D eigenvalue weighted by Crippen LogP contribution is 2.48. The number of carboxylic acid groups (broad SMARTS) is 2. The van der Waals surface area contributed by atoms with E-state index in [1.807, 2.05) is 53.7 Å². The van der Waals surface area contributed by atoms with Gasteiger partial charge in [0.2, 0.25) is 17.7 Å². The Bertz CT molecular complexity index is 1120. The molecule has 0 aromatic heterocycles. The van der Waals surface area contributed by atoms with Gasteiger partial charge < -0.3 is 30.9 Å². The molecule has 0 radical (unpaired) electrons. The molecule has 12 heteroatoms. The largest absolute Gasteiger partial charge is 0.481 e. The molecule has 2 fully saturated rings. The van der Waals surface area contributed by atoms with E-state index in [-0.39, 0.29) is 42.7 Å². The zero-order valence-corrected chi connectivity index (χ0v) is 27.6. The van der Waals surface area contributed by atoms with Crippen molar-refractivity contribution in [3.8, 4) is 0 Å². The number of carboxylic acids is 2. The van der Waals surface area contributed by atoms with E-state index in [0.29, 0.717) is 32.4 Å². The summed E-state index contributed by atoms with van der Waals surface area (Å²) >= 11 is 0. The maximum Gasteiger partial charge on any atom is 0.310 e. The fourth-order valence-corrected chi connectivity index (χ4v) is 5.93. The van der Waals surface area contributed by atoms with E-state index in [9.17, 15) is 39.0 Å². The van der Waals surface area contributed by atoms with Crippen molar-refractivity contribution in [3.05, 3.63) is 12.2 Å². The number of ether oxygens (including phenoxy) is 1. The van der Waals surface area contributed by atoms with E-state index in [1.165, 1.54) is 0 Å². The molecule has 0 saturated heterocycles. The van der Waals surface area contributed by atoms with Gasteiger partial charge in [-0.2, -0.15) is 0 Å². The summed E-state index contributed by atoms with van der Waals surface area (Å²) in [6.07, 6.45) is 8.92. The molecule has 6 atom stereocenters. The minimum atomic E-state index is -0.943. The minimum Gasteiger partial charge on any atom is -0.481 e. The lowest BCUT2D eigenvalue weighted by molar-refractivity contribution is -0.158. The quantitative estimate of drug-likeness (QED) is 0.109. The third-order valence-electron chi connectivity index (χ3n) is 9.78. The Hall–Kier alpha value is -3.44. The normalized spacial score (nSPS) is 25.4. The standard InChI is InChI=1S/C17H25NO5.C16H28N2O4/c1-4-17(2,3)16(22)18-7-8-23-15(21)13-11-6-5-10(9-11)12(13)14(19)20;1-4-16(2,3)15(22)18-10-9-17-13(19)11-7-5-6-8-12(11)14(20)21/h5-6,10-13H,4,7-9H2,1-3H3,(H,18,22)(H,19,20);11-12H,4-10H2,1-3H3,(H,17,19)(H,18,22)(H,20,21). The Morgan fingerprint density at radius 2 is 1.20 bits per heavy atom. The van der Waals surface area contributed by atoms with Crippen molar-refractivity contribution in [2.45, 2.75) is 86.5 Å². The summed E-state index contributed by atoms with van der Waals surface area (Å²) in [5.41, 5.74) is -0.865. The van der Waals surface area contributed by atoms with Crippen LogP contribution in [0, 0.1) is 46.3 Å². The predicted molar refractivity (Wildman–Crippen MR) is 167 cm³/mol. The summed E-state index contributed by atoms with van der Waals surface area (Å²) in [6.45, 7) is 12.3. The van der Waals surface area contributed by atoms with Crippen LogP contribution in [0.5, 0.6) is 0 Å². The first kappa shape index (κ1) is 37.7. The lowest BCUT2D eigenvalue weighted by Crippen LogP contribution is -2.44. The molecule has 3 rings (SSSR count). The topological polar surface area (TPSA) is 188 Å². The van der Waals surface area contributed by atoms with Gasteiger partial charge in [0.15, 0.2) is 0 Å². The Labute approximate surface area is 266 Å². The molecule has 2 bridgehead atoms. The molecule has 254 valence electrons. The zero-order chi connectivity index (χ0) is 33.9. The van der Waals surface area contributed by atoms with Crippen LogP contribution in [-0.4, -0.2) is 72.1 Å². The highest BCUT2D eigenvalue weighted by Gasteiger charge is 2.52. The average Bonchev–Trinajstić information content (AvgIpc) is 3.63. The van der Waals surface area contributed by atoms with Crippen LogP contribution >= 0.6 is 0 Å². The first-order valence-electron chi connectivity index (χ1n) is 16.2. The van der Waals surface area contributed by atoms with Gasteiger partial charge in [-0.05, 0) is 43.9 Å². The number of allylic oxidation sites excluding steroid dienone is 2. The van der Waals surface area contributed by atoms with Crippen molar-refractivity contribution in [2.75, 3.05) is 26.2 Å². The van der Waals surface area contributed by atoms with Crippen LogP contribution < -0.4 is 16.0 Å². The van der Waals surface area contributed by atoms with E-state index >= 15 is 0 Å². The molecule has 0 aliphatic heterocycles. The zero-order valence-electron chi connectivity index (χ0n) is 27.6. The summed E-state index contributed by atoms with van der Waals surface area (Å²) in [5, 5.41) is 26.8. The molecule has 5 N–H and O–H groups in total. The van der Waals surface area contributed by atoms with Gasteiger partial charge in [0.05, 0.1) is 30.2 Å². The SMILES string of the molecule is CCC(C)(C)C(=O)NCCNC(=O)C1CCCCC1C(=O)O.CCC(C)(C)C(=O)NCCOC(=O)C1C2C=CC(C2)C1C(=O)O. The van der Waals surface area contributed by atoms with Gasteiger partial charge in [-0.1, -0.05) is 66.5 Å². The molecule has 45 heavy (non-hydrogen) atoms. The second kappa shape index (κ2) is 16.7. The van der Waals surface area contributed by atoms with Gasteiger partial charge >= 0.3 is 17.9 Å². The summed E-state index contributed by atoms with van der Waals surface area (Å²) in [6, 6.07) is 0. The Morgan fingerprint density at radius 1 is 0.711 bits per heavy atom. The predicted octanol–water partition coefficient (Wildman–Crippen LogP) is 3.15. The molecule has 12 nitrogen and oxygen atoms in total. The second-order valence-electron chi connectivity index (χ2n) is 13.6. The molecular formula is C33H53N3O9. The van der Waals surface area contributed by atoms with Crippen LogP contribution in [0.25, 0.3) is 0 Å². The van der Waals surface area contributed by atoms with Crippen LogP contribution in [0.4, 0.5) is 0 Å². The van der Waals surface area contributed by atoms with Gasteiger partial charge in [-0.15, -0.1) is 0 Å². The van der Waals surface area contributed by atoms with E-state index in [0.717, 1.165) is 25.7 Å². The lowest BCUT2D eigenvalue weighted by Gasteiger charge is -2.27. The number of amides is 3. The lowest BCUT2D eigenvalue weighted by atomic mass is 9.79. The monoisotopic (exact) mass is 635 g/mol. The average molecular weight is 636 g/mol. The molecule has 6 unspecified atom stereocenters. The van der Waals surface area contributed by atoms with Crippen molar-refractivity contribution in [3.63, 3.8) is 0 Å². The molecular weight excluding hydrogens is 582 g/mol. The Kier molecular flexibility index (Phi) is 14.0. The van der Waals surface area contributed by atoms with Gasteiger partial charge in [-0.3, -0.25) is 28.8 Å². The summed E-state index contributed by atoms with van der Waals surface area (Å²) in [5.74, 6) is -5.07.